The normalized spacial score (nSPS) is 14.0. The second-order valence-electron chi connectivity index (χ2n) is 3.24. The first-order chi connectivity index (χ1) is 6.42. The maximum atomic E-state index is 10.6. The first kappa shape index (κ1) is 14.3. The van der Waals surface area contributed by atoms with E-state index < -0.39 is 15.7 Å². The first-order valence-corrected chi connectivity index (χ1v) is 5.87. The van der Waals surface area contributed by atoms with Crippen molar-refractivity contribution in [2.45, 2.75) is 48.7 Å². The summed E-state index contributed by atoms with van der Waals surface area (Å²) in [6.45, 7) is 2.10. The molecule has 1 unspecified atom stereocenters. The molecule has 0 aliphatic rings. The molecule has 0 fully saturated rings. The molecule has 0 amide bonds. The van der Waals surface area contributed by atoms with Crippen LogP contribution in [0.1, 0.15) is 39.0 Å². The predicted octanol–water partition coefficient (Wildman–Crippen LogP) is 3.82. The molecule has 0 aromatic carbocycles. The lowest BCUT2D eigenvalue weighted by Crippen LogP contribution is -2.35. The standard InChI is InChI=1S/C9H15Cl3O2/c1-2-3-4-5-6-7(10)9(11,12)8(13)14/h7H,2-6H2,1H3,(H,13,14). The molecule has 0 rings (SSSR count). The fraction of sp³-hybridized carbons (Fsp3) is 0.889. The van der Waals surface area contributed by atoms with Crippen LogP contribution >= 0.6 is 34.8 Å². The van der Waals surface area contributed by atoms with E-state index in [0.29, 0.717) is 6.42 Å². The monoisotopic (exact) mass is 260 g/mol. The highest BCUT2D eigenvalue weighted by Crippen LogP contribution is 2.32. The van der Waals surface area contributed by atoms with E-state index in [1.54, 1.807) is 0 Å². The third-order valence-electron chi connectivity index (χ3n) is 1.99. The summed E-state index contributed by atoms with van der Waals surface area (Å²) < 4.78 is -1.87. The quantitative estimate of drug-likeness (QED) is 0.559. The van der Waals surface area contributed by atoms with Crippen molar-refractivity contribution in [1.29, 1.82) is 0 Å². The maximum Gasteiger partial charge on any atom is 0.341 e. The molecule has 0 heterocycles. The summed E-state index contributed by atoms with van der Waals surface area (Å²) in [5, 5.41) is 7.93. The Morgan fingerprint density at radius 1 is 1.36 bits per heavy atom. The number of rotatable bonds is 7. The molecular formula is C9H15Cl3O2. The molecule has 0 saturated carbocycles. The lowest BCUT2D eigenvalue weighted by molar-refractivity contribution is -0.137. The summed E-state index contributed by atoms with van der Waals surface area (Å²) in [5.41, 5.74) is 0. The highest BCUT2D eigenvalue weighted by atomic mass is 35.5. The molecule has 84 valence electrons. The van der Waals surface area contributed by atoms with Gasteiger partial charge in [0.15, 0.2) is 0 Å². The Bertz CT molecular complexity index is 183. The third-order valence-corrected chi connectivity index (χ3v) is 3.61. The number of carboxylic acids is 1. The van der Waals surface area contributed by atoms with Crippen molar-refractivity contribution in [1.82, 2.24) is 0 Å². The molecule has 0 radical (unpaired) electrons. The van der Waals surface area contributed by atoms with Crippen molar-refractivity contribution < 1.29 is 9.90 Å². The van der Waals surface area contributed by atoms with Gasteiger partial charge in [0.05, 0.1) is 5.38 Å². The van der Waals surface area contributed by atoms with Gasteiger partial charge in [-0.05, 0) is 6.42 Å². The van der Waals surface area contributed by atoms with E-state index in [0.717, 1.165) is 25.7 Å². The second kappa shape index (κ2) is 6.76. The van der Waals surface area contributed by atoms with Crippen molar-refractivity contribution >= 4 is 40.8 Å². The number of carbonyl (C=O) groups is 1. The largest absolute Gasteiger partial charge is 0.479 e. The van der Waals surface area contributed by atoms with Gasteiger partial charge in [-0.25, -0.2) is 4.79 Å². The Morgan fingerprint density at radius 2 is 1.93 bits per heavy atom. The molecule has 1 atom stereocenters. The summed E-state index contributed by atoms with van der Waals surface area (Å²) in [6, 6.07) is 0. The fourth-order valence-electron chi connectivity index (χ4n) is 1.07. The van der Waals surface area contributed by atoms with Crippen LogP contribution < -0.4 is 0 Å². The molecule has 5 heteroatoms. The Balaban J connectivity index is 3.83. The van der Waals surface area contributed by atoms with Gasteiger partial charge < -0.3 is 5.11 Å². The van der Waals surface area contributed by atoms with Crippen LogP contribution in [-0.2, 0) is 4.79 Å². The van der Waals surface area contributed by atoms with Gasteiger partial charge in [0.1, 0.15) is 0 Å². The highest BCUT2D eigenvalue weighted by Gasteiger charge is 2.41. The number of hydrogen-bond donors (Lipinski definition) is 1. The van der Waals surface area contributed by atoms with Gasteiger partial charge in [-0.15, -0.1) is 11.6 Å². The minimum absolute atomic E-state index is 0.529. The number of halogens is 3. The summed E-state index contributed by atoms with van der Waals surface area (Å²) in [7, 11) is 0. The average molecular weight is 262 g/mol. The molecular weight excluding hydrogens is 246 g/mol. The van der Waals surface area contributed by atoms with E-state index in [9.17, 15) is 4.79 Å². The topological polar surface area (TPSA) is 37.3 Å². The summed E-state index contributed by atoms with van der Waals surface area (Å²) in [4.78, 5) is 10.6. The molecule has 0 aliphatic heterocycles. The zero-order chi connectivity index (χ0) is 11.2. The molecule has 0 aromatic rings. The average Bonchev–Trinajstić information content (AvgIpc) is 2.11. The van der Waals surface area contributed by atoms with Gasteiger partial charge in [-0.1, -0.05) is 55.8 Å². The van der Waals surface area contributed by atoms with Gasteiger partial charge in [0, 0.05) is 0 Å². The predicted molar refractivity (Wildman–Crippen MR) is 60.5 cm³/mol. The van der Waals surface area contributed by atoms with Crippen LogP contribution in [-0.4, -0.2) is 20.8 Å². The Morgan fingerprint density at radius 3 is 2.36 bits per heavy atom. The van der Waals surface area contributed by atoms with Crippen molar-refractivity contribution in [3.63, 3.8) is 0 Å². The van der Waals surface area contributed by atoms with Gasteiger partial charge in [-0.2, -0.15) is 0 Å². The first-order valence-electron chi connectivity index (χ1n) is 4.68. The van der Waals surface area contributed by atoms with E-state index in [4.69, 9.17) is 39.9 Å². The van der Waals surface area contributed by atoms with Crippen LogP contribution in [0.3, 0.4) is 0 Å². The van der Waals surface area contributed by atoms with E-state index in [-0.39, 0.29) is 0 Å². The van der Waals surface area contributed by atoms with Crippen LogP contribution in [0.2, 0.25) is 0 Å². The molecule has 0 spiro atoms. The SMILES string of the molecule is CCCCCCC(Cl)C(Cl)(Cl)C(=O)O. The maximum absolute atomic E-state index is 10.6. The lowest BCUT2D eigenvalue weighted by atomic mass is 10.1. The van der Waals surface area contributed by atoms with Gasteiger partial charge in [0.25, 0.3) is 0 Å². The van der Waals surface area contributed by atoms with E-state index >= 15 is 0 Å². The Kier molecular flexibility index (Phi) is 6.92. The molecule has 2 nitrogen and oxygen atoms in total. The third kappa shape index (κ3) is 4.72. The van der Waals surface area contributed by atoms with Crippen LogP contribution in [0.15, 0.2) is 0 Å². The van der Waals surface area contributed by atoms with E-state index in [1.807, 2.05) is 0 Å². The Hall–Kier alpha value is 0.340. The highest BCUT2D eigenvalue weighted by molar-refractivity contribution is 6.60. The minimum atomic E-state index is -1.87. The Labute approximate surface area is 99.5 Å². The molecule has 0 bridgehead atoms. The molecule has 14 heavy (non-hydrogen) atoms. The van der Waals surface area contributed by atoms with Crippen LogP contribution in [0.4, 0.5) is 0 Å². The van der Waals surface area contributed by atoms with E-state index in [2.05, 4.69) is 6.92 Å². The van der Waals surface area contributed by atoms with Crippen LogP contribution in [0.5, 0.6) is 0 Å². The second-order valence-corrected chi connectivity index (χ2v) is 5.16. The number of unbranched alkanes of at least 4 members (excludes halogenated alkanes) is 3. The van der Waals surface area contributed by atoms with Crippen molar-refractivity contribution in [3.05, 3.63) is 0 Å². The fourth-order valence-corrected chi connectivity index (χ4v) is 1.53. The molecule has 0 aliphatic carbocycles. The summed E-state index contributed by atoms with van der Waals surface area (Å²) >= 11 is 16.9. The molecule has 0 saturated heterocycles. The van der Waals surface area contributed by atoms with Gasteiger partial charge in [-0.3, -0.25) is 0 Å². The van der Waals surface area contributed by atoms with Crippen molar-refractivity contribution in [2.24, 2.45) is 0 Å². The summed E-state index contributed by atoms with van der Waals surface area (Å²) in [5.74, 6) is -1.28. The zero-order valence-corrected chi connectivity index (χ0v) is 10.4. The van der Waals surface area contributed by atoms with Gasteiger partial charge in [0.2, 0.25) is 4.33 Å². The molecule has 1 N–H and O–H groups in total. The van der Waals surface area contributed by atoms with Crippen molar-refractivity contribution in [3.8, 4) is 0 Å². The zero-order valence-electron chi connectivity index (χ0n) is 8.10. The van der Waals surface area contributed by atoms with Crippen molar-refractivity contribution in [2.75, 3.05) is 0 Å². The van der Waals surface area contributed by atoms with E-state index in [1.165, 1.54) is 0 Å². The number of alkyl halides is 3. The smallest absolute Gasteiger partial charge is 0.341 e. The van der Waals surface area contributed by atoms with Crippen LogP contribution in [0.25, 0.3) is 0 Å². The van der Waals surface area contributed by atoms with Crippen LogP contribution in [0, 0.1) is 0 Å². The minimum Gasteiger partial charge on any atom is -0.479 e. The summed E-state index contributed by atoms with van der Waals surface area (Å²) in [6.07, 6.45) is 4.66. The number of carboxylic acid groups (broad SMARTS) is 1. The lowest BCUT2D eigenvalue weighted by Gasteiger charge is -2.20. The molecule has 0 aromatic heterocycles. The number of aliphatic carboxylic acids is 1. The number of hydrogen-bond acceptors (Lipinski definition) is 1. The van der Waals surface area contributed by atoms with Gasteiger partial charge >= 0.3 is 5.97 Å².